The molecule has 0 radical (unpaired) electrons. The molecule has 21 heavy (non-hydrogen) atoms. The predicted molar refractivity (Wildman–Crippen MR) is 84.5 cm³/mol. The molecule has 1 atom stereocenters. The minimum Gasteiger partial charge on any atom is -0.383 e. The molecular weight excluding hydrogens is 288 g/mol. The zero-order valence-corrected chi connectivity index (χ0v) is 13.5. The van der Waals surface area contributed by atoms with Gasteiger partial charge in [-0.25, -0.2) is 8.42 Å². The van der Waals surface area contributed by atoms with E-state index in [1.165, 1.54) is 6.26 Å². The van der Waals surface area contributed by atoms with Crippen LogP contribution in [0.2, 0.25) is 0 Å². The Morgan fingerprint density at radius 3 is 2.86 bits per heavy atom. The van der Waals surface area contributed by atoms with E-state index >= 15 is 0 Å². The highest BCUT2D eigenvalue weighted by Crippen LogP contribution is 2.23. The summed E-state index contributed by atoms with van der Waals surface area (Å²) in [4.78, 5) is 2.73. The van der Waals surface area contributed by atoms with E-state index in [-0.39, 0.29) is 6.04 Å². The van der Waals surface area contributed by atoms with Crippen molar-refractivity contribution in [3.8, 4) is 0 Å². The Morgan fingerprint density at radius 2 is 2.14 bits per heavy atom. The van der Waals surface area contributed by atoms with Gasteiger partial charge in [-0.05, 0) is 31.5 Å². The first-order chi connectivity index (χ1) is 10.0. The molecule has 5 nitrogen and oxygen atoms in total. The van der Waals surface area contributed by atoms with Crippen LogP contribution < -0.4 is 5.32 Å². The number of rotatable bonds is 6. The van der Waals surface area contributed by atoms with Gasteiger partial charge in [-0.15, -0.1) is 0 Å². The molecule has 1 saturated heterocycles. The van der Waals surface area contributed by atoms with Crippen LogP contribution in [0.4, 0.5) is 5.69 Å². The first kappa shape index (κ1) is 16.3. The van der Waals surface area contributed by atoms with E-state index in [2.05, 4.69) is 10.2 Å². The molecule has 1 aliphatic rings. The van der Waals surface area contributed by atoms with Crippen LogP contribution in [0.25, 0.3) is 0 Å². The minimum absolute atomic E-state index is 0.276. The number of methoxy groups -OCH3 is 1. The molecule has 1 aromatic rings. The van der Waals surface area contributed by atoms with Gasteiger partial charge in [0.2, 0.25) is 0 Å². The van der Waals surface area contributed by atoms with Crippen LogP contribution >= 0.6 is 0 Å². The molecule has 1 heterocycles. The van der Waals surface area contributed by atoms with Gasteiger partial charge in [-0.3, -0.25) is 4.90 Å². The fourth-order valence-corrected chi connectivity index (χ4v) is 3.58. The van der Waals surface area contributed by atoms with Crippen LogP contribution in [0.1, 0.15) is 12.8 Å². The Morgan fingerprint density at radius 1 is 1.38 bits per heavy atom. The van der Waals surface area contributed by atoms with E-state index in [0.717, 1.165) is 39.1 Å². The molecule has 0 saturated carbocycles. The van der Waals surface area contributed by atoms with Crippen LogP contribution in [0.5, 0.6) is 0 Å². The quantitative estimate of drug-likeness (QED) is 0.865. The van der Waals surface area contributed by atoms with Crippen molar-refractivity contribution in [2.45, 2.75) is 23.8 Å². The van der Waals surface area contributed by atoms with E-state index in [9.17, 15) is 8.42 Å². The summed E-state index contributed by atoms with van der Waals surface area (Å²) in [6, 6.07) is 7.39. The second-order valence-corrected chi connectivity index (χ2v) is 7.53. The number of sulfone groups is 1. The van der Waals surface area contributed by atoms with Gasteiger partial charge in [-0.1, -0.05) is 12.1 Å². The molecule has 1 fully saturated rings. The summed E-state index contributed by atoms with van der Waals surface area (Å²) in [5.41, 5.74) is 0.707. The normalized spacial score (nSPS) is 20.4. The number of piperidine rings is 1. The number of nitrogens with zero attached hydrogens (tertiary/aromatic N) is 1. The third-order valence-electron chi connectivity index (χ3n) is 3.76. The molecule has 0 spiro atoms. The zero-order chi connectivity index (χ0) is 15.3. The highest BCUT2D eigenvalue weighted by Gasteiger charge is 2.21. The van der Waals surface area contributed by atoms with Crippen molar-refractivity contribution in [3.63, 3.8) is 0 Å². The molecule has 1 aliphatic heterocycles. The van der Waals surface area contributed by atoms with Crippen molar-refractivity contribution >= 4 is 15.5 Å². The summed E-state index contributed by atoms with van der Waals surface area (Å²) in [5.74, 6) is 0. The van der Waals surface area contributed by atoms with Gasteiger partial charge >= 0.3 is 0 Å². The largest absolute Gasteiger partial charge is 0.383 e. The van der Waals surface area contributed by atoms with Gasteiger partial charge in [0.05, 0.1) is 17.2 Å². The second-order valence-electron chi connectivity index (χ2n) is 5.55. The van der Waals surface area contributed by atoms with Gasteiger partial charge < -0.3 is 10.1 Å². The number of likely N-dealkylation sites (tertiary alicyclic amines) is 1. The number of hydrogen-bond acceptors (Lipinski definition) is 5. The maximum atomic E-state index is 11.8. The number of hydrogen-bond donors (Lipinski definition) is 1. The smallest absolute Gasteiger partial charge is 0.177 e. The van der Waals surface area contributed by atoms with Gasteiger partial charge in [0, 0.05) is 32.5 Å². The first-order valence-electron chi connectivity index (χ1n) is 7.27. The van der Waals surface area contributed by atoms with E-state index in [1.54, 1.807) is 19.2 Å². The number of benzene rings is 1. The second kappa shape index (κ2) is 7.24. The minimum atomic E-state index is -3.21. The summed E-state index contributed by atoms with van der Waals surface area (Å²) in [6.45, 7) is 3.64. The third kappa shape index (κ3) is 4.69. The molecule has 1 N–H and O–H groups in total. The van der Waals surface area contributed by atoms with Crippen molar-refractivity contribution in [1.82, 2.24) is 4.90 Å². The molecule has 2 rings (SSSR count). The molecule has 0 bridgehead atoms. The van der Waals surface area contributed by atoms with Gasteiger partial charge in [0.15, 0.2) is 9.84 Å². The summed E-state index contributed by atoms with van der Waals surface area (Å²) >= 11 is 0. The standard InChI is InChI=1S/C15H24N2O3S/c1-20-11-10-17-9-5-6-13(12-17)16-14-7-3-4-8-15(14)21(2,18)19/h3-4,7-8,13,16H,5-6,9-12H2,1-2H3/t13-/m0/s1. The number of ether oxygens (including phenoxy) is 1. The van der Waals surface area contributed by atoms with Crippen LogP contribution in [0.15, 0.2) is 29.2 Å². The lowest BCUT2D eigenvalue weighted by molar-refractivity contribution is 0.131. The lowest BCUT2D eigenvalue weighted by atomic mass is 10.1. The average Bonchev–Trinajstić information content (AvgIpc) is 2.45. The Labute approximate surface area is 127 Å². The van der Waals surface area contributed by atoms with E-state index in [0.29, 0.717) is 10.6 Å². The molecule has 0 amide bonds. The predicted octanol–water partition coefficient (Wildman–Crippen LogP) is 1.61. The van der Waals surface area contributed by atoms with E-state index < -0.39 is 9.84 Å². The summed E-state index contributed by atoms with van der Waals surface area (Å²) < 4.78 is 28.8. The van der Waals surface area contributed by atoms with Crippen LogP contribution in [-0.4, -0.2) is 59.0 Å². The summed E-state index contributed by atoms with van der Waals surface area (Å²) in [7, 11) is -1.50. The fraction of sp³-hybridized carbons (Fsp3) is 0.600. The highest BCUT2D eigenvalue weighted by molar-refractivity contribution is 7.90. The molecule has 0 aliphatic carbocycles. The monoisotopic (exact) mass is 312 g/mol. The van der Waals surface area contributed by atoms with Crippen molar-refractivity contribution in [3.05, 3.63) is 24.3 Å². The van der Waals surface area contributed by atoms with Crippen molar-refractivity contribution in [2.75, 3.05) is 44.9 Å². The highest BCUT2D eigenvalue weighted by atomic mass is 32.2. The molecular formula is C15H24N2O3S. The van der Waals surface area contributed by atoms with Crippen molar-refractivity contribution < 1.29 is 13.2 Å². The summed E-state index contributed by atoms with van der Waals surface area (Å²) in [6.07, 6.45) is 3.42. The number of nitrogens with one attached hydrogen (secondary N) is 1. The average molecular weight is 312 g/mol. The SMILES string of the molecule is COCCN1CCC[C@H](Nc2ccccc2S(C)(=O)=O)C1. The van der Waals surface area contributed by atoms with E-state index in [4.69, 9.17) is 4.74 Å². The molecule has 6 heteroatoms. The third-order valence-corrected chi connectivity index (χ3v) is 4.92. The Balaban J connectivity index is 2.05. The maximum absolute atomic E-state index is 11.8. The van der Waals surface area contributed by atoms with Crippen LogP contribution in [0, 0.1) is 0 Å². The van der Waals surface area contributed by atoms with E-state index in [1.807, 2.05) is 12.1 Å². The van der Waals surface area contributed by atoms with Crippen LogP contribution in [0.3, 0.4) is 0 Å². The maximum Gasteiger partial charge on any atom is 0.177 e. The first-order valence-corrected chi connectivity index (χ1v) is 9.17. The lowest BCUT2D eigenvalue weighted by Crippen LogP contribution is -2.43. The van der Waals surface area contributed by atoms with Gasteiger partial charge in [-0.2, -0.15) is 0 Å². The fourth-order valence-electron chi connectivity index (χ4n) is 2.73. The molecule has 118 valence electrons. The van der Waals surface area contributed by atoms with Crippen molar-refractivity contribution in [1.29, 1.82) is 0 Å². The molecule has 1 aromatic carbocycles. The zero-order valence-electron chi connectivity index (χ0n) is 12.7. The number of para-hydroxylation sites is 1. The Bertz CT molecular complexity index is 560. The molecule has 0 aromatic heterocycles. The number of anilines is 1. The Hall–Kier alpha value is -1.11. The topological polar surface area (TPSA) is 58.6 Å². The van der Waals surface area contributed by atoms with Crippen molar-refractivity contribution in [2.24, 2.45) is 0 Å². The van der Waals surface area contributed by atoms with Gasteiger partial charge in [0.25, 0.3) is 0 Å². The molecule has 0 unspecified atom stereocenters. The summed E-state index contributed by atoms with van der Waals surface area (Å²) in [5, 5.41) is 3.40. The Kier molecular flexibility index (Phi) is 5.61. The van der Waals surface area contributed by atoms with Crippen LogP contribution in [-0.2, 0) is 14.6 Å². The lowest BCUT2D eigenvalue weighted by Gasteiger charge is -2.33. The van der Waals surface area contributed by atoms with Gasteiger partial charge in [0.1, 0.15) is 0 Å².